The summed E-state index contributed by atoms with van der Waals surface area (Å²) in [5.41, 5.74) is 0.893. The Morgan fingerprint density at radius 3 is 2.88 bits per heavy atom. The summed E-state index contributed by atoms with van der Waals surface area (Å²) >= 11 is 0. The Kier molecular flexibility index (Phi) is 2.36. The van der Waals surface area contributed by atoms with Crippen molar-refractivity contribution in [2.75, 3.05) is 0 Å². The van der Waals surface area contributed by atoms with Crippen LogP contribution in [0.5, 0.6) is 0 Å². The van der Waals surface area contributed by atoms with Crippen molar-refractivity contribution in [3.8, 4) is 17.3 Å². The molecule has 2 heterocycles. The van der Waals surface area contributed by atoms with E-state index in [1.54, 1.807) is 6.07 Å². The Bertz CT molecular complexity index is 566. The van der Waals surface area contributed by atoms with Gasteiger partial charge in [-0.1, -0.05) is 5.16 Å². The van der Waals surface area contributed by atoms with Gasteiger partial charge in [0.25, 0.3) is 0 Å². The first-order valence-electron chi connectivity index (χ1n) is 4.26. The molecule has 0 atom stereocenters. The number of rotatable bonds is 2. The van der Waals surface area contributed by atoms with Crippen LogP contribution in [0.4, 0.5) is 0 Å². The van der Waals surface area contributed by atoms with Crippen LogP contribution < -0.4 is 0 Å². The maximum atomic E-state index is 10.8. The molecule has 0 radical (unpaired) electrons. The number of nitrogens with zero attached hydrogens (tertiary/aromatic N) is 3. The molecule has 0 bridgehead atoms. The zero-order valence-electron chi connectivity index (χ0n) is 7.91. The van der Waals surface area contributed by atoms with Crippen LogP contribution in [-0.4, -0.2) is 21.2 Å². The van der Waals surface area contributed by atoms with Crippen LogP contribution in [0.25, 0.3) is 11.3 Å². The maximum absolute atomic E-state index is 10.8. The summed E-state index contributed by atoms with van der Waals surface area (Å²) in [5, 5.41) is 20.8. The number of carboxylic acids is 1. The molecule has 6 nitrogen and oxygen atoms in total. The van der Waals surface area contributed by atoms with E-state index in [1.165, 1.54) is 18.5 Å². The predicted octanol–water partition coefficient (Wildman–Crippen LogP) is 1.31. The highest BCUT2D eigenvalue weighted by atomic mass is 16.5. The molecule has 0 aromatic carbocycles. The zero-order chi connectivity index (χ0) is 11.5. The number of carboxylic acid groups (broad SMARTS) is 1. The van der Waals surface area contributed by atoms with Crippen LogP contribution >= 0.6 is 0 Å². The molecule has 6 heteroatoms. The lowest BCUT2D eigenvalue weighted by atomic mass is 10.1. The number of aromatic carboxylic acids is 1. The Hall–Kier alpha value is -2.68. The molecular weight excluding hydrogens is 210 g/mol. The van der Waals surface area contributed by atoms with Crippen LogP contribution in [0, 0.1) is 11.3 Å². The van der Waals surface area contributed by atoms with Crippen molar-refractivity contribution in [1.29, 1.82) is 5.26 Å². The van der Waals surface area contributed by atoms with Gasteiger partial charge in [-0.15, -0.1) is 0 Å². The molecule has 2 aromatic heterocycles. The molecule has 16 heavy (non-hydrogen) atoms. The maximum Gasteiger partial charge on any atom is 0.358 e. The number of aromatic nitrogens is 2. The average molecular weight is 215 g/mol. The minimum absolute atomic E-state index is 0.197. The molecule has 0 saturated heterocycles. The minimum Gasteiger partial charge on any atom is -0.476 e. The van der Waals surface area contributed by atoms with E-state index in [9.17, 15) is 4.79 Å². The smallest absolute Gasteiger partial charge is 0.358 e. The molecule has 2 rings (SSSR count). The normalized spacial score (nSPS) is 9.69. The molecule has 0 fully saturated rings. The molecule has 0 aliphatic rings. The summed E-state index contributed by atoms with van der Waals surface area (Å²) in [6.45, 7) is 0. The average Bonchev–Trinajstić information content (AvgIpc) is 2.78. The van der Waals surface area contributed by atoms with Crippen LogP contribution in [0.1, 0.15) is 16.1 Å². The number of nitriles is 1. The zero-order valence-corrected chi connectivity index (χ0v) is 7.91. The Morgan fingerprint density at radius 1 is 1.50 bits per heavy atom. The molecular formula is C10H5N3O3. The quantitative estimate of drug-likeness (QED) is 0.810. The van der Waals surface area contributed by atoms with Gasteiger partial charge in [-0.25, -0.2) is 4.79 Å². The summed E-state index contributed by atoms with van der Waals surface area (Å²) in [5.74, 6) is -1.19. The fourth-order valence-electron chi connectivity index (χ4n) is 1.19. The van der Waals surface area contributed by atoms with Crippen molar-refractivity contribution in [2.45, 2.75) is 0 Å². The molecule has 1 N–H and O–H groups in total. The SMILES string of the molecule is N#Cc1ccc(-c2conc2C(=O)O)nc1. The number of hydrogen-bond donors (Lipinski definition) is 1. The van der Waals surface area contributed by atoms with Gasteiger partial charge in [0, 0.05) is 6.20 Å². The van der Waals surface area contributed by atoms with E-state index in [0.717, 1.165) is 0 Å². The molecule has 78 valence electrons. The minimum atomic E-state index is -1.19. The highest BCUT2D eigenvalue weighted by Crippen LogP contribution is 2.20. The van der Waals surface area contributed by atoms with E-state index in [2.05, 4.69) is 14.7 Å². The Morgan fingerprint density at radius 2 is 2.31 bits per heavy atom. The van der Waals surface area contributed by atoms with Crippen LogP contribution in [-0.2, 0) is 0 Å². The Balaban J connectivity index is 2.47. The van der Waals surface area contributed by atoms with Gasteiger partial charge >= 0.3 is 5.97 Å². The predicted molar refractivity (Wildman–Crippen MR) is 51.4 cm³/mol. The van der Waals surface area contributed by atoms with E-state index >= 15 is 0 Å². The van der Waals surface area contributed by atoms with Crippen LogP contribution in [0.15, 0.2) is 29.1 Å². The van der Waals surface area contributed by atoms with Gasteiger partial charge in [-0.05, 0) is 12.1 Å². The first-order chi connectivity index (χ1) is 7.72. The van der Waals surface area contributed by atoms with Gasteiger partial charge in [-0.3, -0.25) is 4.98 Å². The molecule has 2 aromatic rings. The van der Waals surface area contributed by atoms with Gasteiger partial charge < -0.3 is 9.63 Å². The highest BCUT2D eigenvalue weighted by Gasteiger charge is 2.17. The van der Waals surface area contributed by atoms with Crippen molar-refractivity contribution in [3.63, 3.8) is 0 Å². The summed E-state index contributed by atoms with van der Waals surface area (Å²) in [7, 11) is 0. The van der Waals surface area contributed by atoms with Gasteiger partial charge in [0.1, 0.15) is 12.3 Å². The third-order valence-corrected chi connectivity index (χ3v) is 1.94. The molecule has 0 aliphatic carbocycles. The van der Waals surface area contributed by atoms with Gasteiger partial charge in [-0.2, -0.15) is 5.26 Å². The monoisotopic (exact) mass is 215 g/mol. The number of hydrogen-bond acceptors (Lipinski definition) is 5. The second-order valence-electron chi connectivity index (χ2n) is 2.93. The third kappa shape index (κ3) is 1.62. The first kappa shape index (κ1) is 9.86. The lowest BCUT2D eigenvalue weighted by Crippen LogP contribution is -1.99. The van der Waals surface area contributed by atoms with Crippen molar-refractivity contribution >= 4 is 5.97 Å². The van der Waals surface area contributed by atoms with Crippen molar-refractivity contribution in [2.24, 2.45) is 0 Å². The van der Waals surface area contributed by atoms with E-state index < -0.39 is 5.97 Å². The Labute approximate surface area is 89.8 Å². The first-order valence-corrected chi connectivity index (χ1v) is 4.26. The third-order valence-electron chi connectivity index (χ3n) is 1.94. The van der Waals surface area contributed by atoms with E-state index in [1.807, 2.05) is 6.07 Å². The lowest BCUT2D eigenvalue weighted by molar-refractivity contribution is 0.0686. The standard InChI is InChI=1S/C10H5N3O3/c11-3-6-1-2-8(12-4-6)7-5-16-13-9(7)10(14)15/h1-2,4-5H,(H,14,15). The molecule has 0 spiro atoms. The lowest BCUT2D eigenvalue weighted by Gasteiger charge is -1.96. The second kappa shape index (κ2) is 3.82. The molecule has 0 amide bonds. The van der Waals surface area contributed by atoms with E-state index in [4.69, 9.17) is 10.4 Å². The van der Waals surface area contributed by atoms with Crippen LogP contribution in [0.2, 0.25) is 0 Å². The van der Waals surface area contributed by atoms with Gasteiger partial charge in [0.15, 0.2) is 0 Å². The van der Waals surface area contributed by atoms with Crippen LogP contribution in [0.3, 0.4) is 0 Å². The fraction of sp³-hybridized carbons (Fsp3) is 0. The topological polar surface area (TPSA) is 100 Å². The molecule has 0 aliphatic heterocycles. The number of pyridine rings is 1. The summed E-state index contributed by atoms with van der Waals surface area (Å²) in [6.07, 6.45) is 2.56. The van der Waals surface area contributed by atoms with Gasteiger partial charge in [0.2, 0.25) is 5.69 Å². The van der Waals surface area contributed by atoms with Crippen molar-refractivity contribution < 1.29 is 14.4 Å². The number of carbonyl (C=O) groups is 1. The second-order valence-corrected chi connectivity index (χ2v) is 2.93. The summed E-state index contributed by atoms with van der Waals surface area (Å²) in [6, 6.07) is 5.00. The van der Waals surface area contributed by atoms with Gasteiger partial charge in [0.05, 0.1) is 16.8 Å². The summed E-state index contributed by atoms with van der Waals surface area (Å²) < 4.78 is 4.58. The van der Waals surface area contributed by atoms with Crippen molar-refractivity contribution in [1.82, 2.24) is 10.1 Å². The van der Waals surface area contributed by atoms with E-state index in [-0.39, 0.29) is 11.3 Å². The largest absolute Gasteiger partial charge is 0.476 e. The van der Waals surface area contributed by atoms with E-state index in [0.29, 0.717) is 11.3 Å². The highest BCUT2D eigenvalue weighted by molar-refractivity contribution is 5.92. The summed E-state index contributed by atoms with van der Waals surface area (Å²) in [4.78, 5) is 14.7. The van der Waals surface area contributed by atoms with Crippen molar-refractivity contribution in [3.05, 3.63) is 35.9 Å². The molecule has 0 unspecified atom stereocenters. The fourth-order valence-corrected chi connectivity index (χ4v) is 1.19. The molecule has 0 saturated carbocycles.